The van der Waals surface area contributed by atoms with E-state index >= 15 is 0 Å². The van der Waals surface area contributed by atoms with Crippen molar-refractivity contribution in [2.45, 2.75) is 26.7 Å². The van der Waals surface area contributed by atoms with E-state index in [1.165, 1.54) is 0 Å². The molecule has 0 aliphatic carbocycles. The molecule has 0 saturated heterocycles. The van der Waals surface area contributed by atoms with E-state index in [-0.39, 0.29) is 23.6 Å². The number of aryl methyl sites for hydroxylation is 2. The van der Waals surface area contributed by atoms with Crippen molar-refractivity contribution < 1.29 is 13.2 Å². The highest BCUT2D eigenvalue weighted by Gasteiger charge is 2.09. The summed E-state index contributed by atoms with van der Waals surface area (Å²) in [5, 5.41) is 3.60. The minimum atomic E-state index is -3.15. The second-order valence-corrected chi connectivity index (χ2v) is 8.33. The first-order valence-corrected chi connectivity index (χ1v) is 9.80. The van der Waals surface area contributed by atoms with Crippen molar-refractivity contribution in [1.82, 2.24) is 10.3 Å². The number of aromatic nitrogens is 1. The average Bonchev–Trinajstić information content (AvgIpc) is 2.50. The van der Waals surface area contributed by atoms with Gasteiger partial charge in [-0.15, -0.1) is 0 Å². The van der Waals surface area contributed by atoms with Crippen LogP contribution in [0, 0.1) is 13.8 Å². The summed E-state index contributed by atoms with van der Waals surface area (Å²) in [7, 11) is -3.15. The number of hydrogen-bond acceptors (Lipinski definition) is 4. The zero-order chi connectivity index (χ0) is 17.9. The molecular weight excluding hydrogens is 328 g/mol. The van der Waals surface area contributed by atoms with Gasteiger partial charge in [0.1, 0.15) is 9.84 Å². The lowest BCUT2D eigenvalue weighted by Gasteiger charge is -2.08. The summed E-state index contributed by atoms with van der Waals surface area (Å²) in [5.41, 5.74) is 3.42. The van der Waals surface area contributed by atoms with Gasteiger partial charge in [-0.05, 0) is 42.8 Å². The third kappa shape index (κ3) is 4.67. The zero-order valence-corrected chi connectivity index (χ0v) is 14.9. The van der Waals surface area contributed by atoms with E-state index in [0.717, 1.165) is 28.3 Å². The molecule has 0 unspecified atom stereocenters. The largest absolute Gasteiger partial charge is 0.356 e. The molecule has 6 nitrogen and oxygen atoms in total. The van der Waals surface area contributed by atoms with Crippen LogP contribution >= 0.6 is 0 Å². The molecule has 0 spiro atoms. The van der Waals surface area contributed by atoms with Gasteiger partial charge in [0.25, 0.3) is 5.56 Å². The molecule has 0 fully saturated rings. The van der Waals surface area contributed by atoms with Crippen molar-refractivity contribution >= 4 is 26.6 Å². The quantitative estimate of drug-likeness (QED) is 0.819. The molecule has 7 heteroatoms. The fraction of sp³-hybridized carbons (Fsp3) is 0.412. The molecule has 1 aromatic heterocycles. The number of H-pyrrole nitrogens is 1. The molecule has 0 aliphatic heterocycles. The Morgan fingerprint density at radius 3 is 2.62 bits per heavy atom. The molecule has 1 amide bonds. The highest BCUT2D eigenvalue weighted by Crippen LogP contribution is 2.18. The molecule has 2 rings (SSSR count). The summed E-state index contributed by atoms with van der Waals surface area (Å²) in [6.07, 6.45) is 1.42. The maximum Gasteiger partial charge on any atom is 0.251 e. The summed E-state index contributed by atoms with van der Waals surface area (Å²) in [6.45, 7) is 4.25. The summed E-state index contributed by atoms with van der Waals surface area (Å²) < 4.78 is 22.1. The predicted molar refractivity (Wildman–Crippen MR) is 95.1 cm³/mol. The Morgan fingerprint density at radius 2 is 1.96 bits per heavy atom. The molecule has 2 N–H and O–H groups in total. The topological polar surface area (TPSA) is 96.1 Å². The summed E-state index contributed by atoms with van der Waals surface area (Å²) in [6, 6.07) is 5.80. The van der Waals surface area contributed by atoms with Gasteiger partial charge >= 0.3 is 0 Å². The number of amides is 1. The molecule has 0 aliphatic rings. The number of fused-ring (bicyclic) bond motifs is 1. The Balaban J connectivity index is 2.03. The van der Waals surface area contributed by atoms with Crippen LogP contribution in [0.1, 0.15) is 23.1 Å². The van der Waals surface area contributed by atoms with Crippen LogP contribution < -0.4 is 10.9 Å². The van der Waals surface area contributed by atoms with Gasteiger partial charge in [0.2, 0.25) is 5.91 Å². The molecule has 1 heterocycles. The van der Waals surface area contributed by atoms with Gasteiger partial charge in [-0.1, -0.05) is 12.1 Å². The summed E-state index contributed by atoms with van der Waals surface area (Å²) in [5.74, 6) is -0.502. The SMILES string of the molecule is Cc1ccc2cc(CCNC(=O)CCS(C)(=O)=O)c(=O)[nH]c2c1C. The lowest BCUT2D eigenvalue weighted by Crippen LogP contribution is -2.28. The van der Waals surface area contributed by atoms with Gasteiger partial charge in [-0.3, -0.25) is 9.59 Å². The van der Waals surface area contributed by atoms with Crippen LogP contribution in [0.5, 0.6) is 0 Å². The van der Waals surface area contributed by atoms with E-state index in [1.54, 1.807) is 0 Å². The minimum Gasteiger partial charge on any atom is -0.356 e. The number of pyridine rings is 1. The van der Waals surface area contributed by atoms with Crippen molar-refractivity contribution in [2.75, 3.05) is 18.6 Å². The number of nitrogens with one attached hydrogen (secondary N) is 2. The average molecular weight is 350 g/mol. The lowest BCUT2D eigenvalue weighted by molar-refractivity contribution is -0.120. The van der Waals surface area contributed by atoms with Gasteiger partial charge in [0, 0.05) is 24.8 Å². The monoisotopic (exact) mass is 350 g/mol. The van der Waals surface area contributed by atoms with E-state index in [1.807, 2.05) is 32.0 Å². The Hall–Kier alpha value is -2.15. The van der Waals surface area contributed by atoms with E-state index < -0.39 is 9.84 Å². The van der Waals surface area contributed by atoms with E-state index in [0.29, 0.717) is 18.5 Å². The summed E-state index contributed by atoms with van der Waals surface area (Å²) >= 11 is 0. The van der Waals surface area contributed by atoms with Crippen LogP contribution in [0.2, 0.25) is 0 Å². The number of sulfone groups is 1. The van der Waals surface area contributed by atoms with Gasteiger partial charge in [0.15, 0.2) is 0 Å². The van der Waals surface area contributed by atoms with Crippen LogP contribution in [0.15, 0.2) is 23.0 Å². The molecule has 0 saturated carbocycles. The Labute approximate surface area is 141 Å². The fourth-order valence-corrected chi connectivity index (χ4v) is 3.02. The van der Waals surface area contributed by atoms with Gasteiger partial charge in [-0.25, -0.2) is 8.42 Å². The van der Waals surface area contributed by atoms with Crippen LogP contribution in [0.25, 0.3) is 10.9 Å². The lowest BCUT2D eigenvalue weighted by atomic mass is 10.0. The molecule has 0 bridgehead atoms. The molecule has 24 heavy (non-hydrogen) atoms. The highest BCUT2D eigenvalue weighted by atomic mass is 32.2. The molecule has 1 aromatic carbocycles. The second kappa shape index (κ2) is 7.17. The van der Waals surface area contributed by atoms with E-state index in [2.05, 4.69) is 10.3 Å². The van der Waals surface area contributed by atoms with Crippen molar-refractivity contribution in [3.05, 3.63) is 45.2 Å². The number of rotatable bonds is 6. The Morgan fingerprint density at radius 1 is 1.25 bits per heavy atom. The zero-order valence-electron chi connectivity index (χ0n) is 14.1. The second-order valence-electron chi connectivity index (χ2n) is 6.08. The van der Waals surface area contributed by atoms with Crippen LogP contribution in [-0.2, 0) is 21.1 Å². The third-order valence-corrected chi connectivity index (χ3v) is 4.99. The molecule has 2 aromatic rings. The number of benzene rings is 1. The van der Waals surface area contributed by atoms with E-state index in [9.17, 15) is 18.0 Å². The van der Waals surface area contributed by atoms with Crippen LogP contribution in [0.3, 0.4) is 0 Å². The Kier molecular flexibility index (Phi) is 5.43. The normalized spacial score (nSPS) is 11.6. The first-order chi connectivity index (χ1) is 11.2. The van der Waals surface area contributed by atoms with Crippen LogP contribution in [-0.4, -0.2) is 37.9 Å². The van der Waals surface area contributed by atoms with Gasteiger partial charge < -0.3 is 10.3 Å². The number of aromatic amines is 1. The predicted octanol–water partition coefficient (Wildman–Crippen LogP) is 1.24. The first-order valence-electron chi connectivity index (χ1n) is 7.74. The van der Waals surface area contributed by atoms with Gasteiger partial charge in [-0.2, -0.15) is 0 Å². The smallest absolute Gasteiger partial charge is 0.251 e. The molecule has 0 radical (unpaired) electrons. The van der Waals surface area contributed by atoms with Crippen molar-refractivity contribution in [2.24, 2.45) is 0 Å². The molecular formula is C17H22N2O4S. The van der Waals surface area contributed by atoms with Crippen molar-refractivity contribution in [3.8, 4) is 0 Å². The first kappa shape index (κ1) is 18.2. The Bertz CT molecular complexity index is 929. The number of carbonyl (C=O) groups excluding carboxylic acids is 1. The van der Waals surface area contributed by atoms with Crippen molar-refractivity contribution in [3.63, 3.8) is 0 Å². The maximum absolute atomic E-state index is 12.2. The van der Waals surface area contributed by atoms with E-state index in [4.69, 9.17) is 0 Å². The highest BCUT2D eigenvalue weighted by molar-refractivity contribution is 7.90. The standard InChI is InChI=1S/C17H22N2O4S/c1-11-4-5-13-10-14(17(21)19-16(13)12(11)2)6-8-18-15(20)7-9-24(3,22)23/h4-5,10H,6-9H2,1-3H3,(H,18,20)(H,19,21). The third-order valence-electron chi connectivity index (χ3n) is 4.04. The van der Waals surface area contributed by atoms with Crippen molar-refractivity contribution in [1.29, 1.82) is 0 Å². The van der Waals surface area contributed by atoms with Crippen LogP contribution in [0.4, 0.5) is 0 Å². The fourth-order valence-electron chi connectivity index (χ4n) is 2.46. The molecule has 0 atom stereocenters. The molecule has 130 valence electrons. The minimum absolute atomic E-state index is 0.0641. The number of hydrogen-bond donors (Lipinski definition) is 2. The number of carbonyl (C=O) groups is 1. The summed E-state index contributed by atoms with van der Waals surface area (Å²) in [4.78, 5) is 26.7. The maximum atomic E-state index is 12.2. The van der Waals surface area contributed by atoms with Gasteiger partial charge in [0.05, 0.1) is 11.3 Å².